The third-order valence-electron chi connectivity index (χ3n) is 2.38. The molecule has 18 heavy (non-hydrogen) atoms. The smallest absolute Gasteiger partial charge is 0.160 e. The average Bonchev–Trinajstić information content (AvgIpc) is 2.34. The highest BCUT2D eigenvalue weighted by Gasteiger charge is 2.11. The Hall–Kier alpha value is -1.68. The van der Waals surface area contributed by atoms with Gasteiger partial charge in [-0.15, -0.1) is 0 Å². The lowest BCUT2D eigenvalue weighted by atomic mass is 10.1. The Morgan fingerprint density at radius 3 is 2.50 bits per heavy atom. The molecule has 2 rings (SSSR count). The molecule has 0 heterocycles. The highest BCUT2D eigenvalue weighted by molar-refractivity contribution is 7.99. The first-order valence-electron chi connectivity index (χ1n) is 5.31. The lowest BCUT2D eigenvalue weighted by molar-refractivity contribution is 0.101. The molecule has 0 amide bonds. The lowest BCUT2D eigenvalue weighted by Gasteiger charge is -2.07. The van der Waals surface area contributed by atoms with Crippen LogP contribution in [-0.2, 0) is 0 Å². The van der Waals surface area contributed by atoms with E-state index >= 15 is 0 Å². The number of Topliss-reactive ketones (excluding diaryl/α,β-unsaturated/α-hetero) is 1. The van der Waals surface area contributed by atoms with Gasteiger partial charge in [-0.25, -0.2) is 8.78 Å². The van der Waals surface area contributed by atoms with Crippen molar-refractivity contribution in [2.75, 3.05) is 0 Å². The number of ketones is 1. The van der Waals surface area contributed by atoms with Gasteiger partial charge in [0, 0.05) is 10.5 Å². The summed E-state index contributed by atoms with van der Waals surface area (Å²) in [6.45, 7) is 1.45. The predicted octanol–water partition coefficient (Wildman–Crippen LogP) is 4.32. The fourth-order valence-corrected chi connectivity index (χ4v) is 2.56. The largest absolute Gasteiger partial charge is 0.294 e. The monoisotopic (exact) mass is 264 g/mol. The topological polar surface area (TPSA) is 17.1 Å². The molecule has 0 saturated heterocycles. The summed E-state index contributed by atoms with van der Waals surface area (Å²) in [4.78, 5) is 12.2. The first kappa shape index (κ1) is 12.8. The minimum Gasteiger partial charge on any atom is -0.294 e. The maximum absolute atomic E-state index is 13.5. The molecule has 0 atom stereocenters. The highest BCUT2D eigenvalue weighted by atomic mass is 32.2. The molecule has 0 saturated carbocycles. The van der Waals surface area contributed by atoms with Crippen LogP contribution in [0.25, 0.3) is 0 Å². The summed E-state index contributed by atoms with van der Waals surface area (Å²) in [5, 5.41) is 0. The second-order valence-corrected chi connectivity index (χ2v) is 4.81. The van der Waals surface area contributed by atoms with E-state index in [2.05, 4.69) is 0 Å². The molecule has 0 spiro atoms. The molecule has 4 heteroatoms. The molecule has 2 aromatic carbocycles. The number of hydrogen-bond donors (Lipinski definition) is 0. The summed E-state index contributed by atoms with van der Waals surface area (Å²) in [5.74, 6) is -1.10. The molecule has 0 fully saturated rings. The van der Waals surface area contributed by atoms with Crippen molar-refractivity contribution >= 4 is 17.5 Å². The van der Waals surface area contributed by atoms with E-state index in [4.69, 9.17) is 0 Å². The third kappa shape index (κ3) is 2.76. The van der Waals surface area contributed by atoms with Gasteiger partial charge in [-0.05, 0) is 31.2 Å². The molecule has 0 N–H and O–H groups in total. The summed E-state index contributed by atoms with van der Waals surface area (Å²) in [7, 11) is 0. The zero-order valence-corrected chi connectivity index (χ0v) is 10.4. The molecule has 0 radical (unpaired) electrons. The molecule has 0 bridgehead atoms. The van der Waals surface area contributed by atoms with Gasteiger partial charge in [0.15, 0.2) is 5.78 Å². The maximum atomic E-state index is 13.5. The van der Waals surface area contributed by atoms with Crippen LogP contribution in [0, 0.1) is 11.6 Å². The summed E-state index contributed by atoms with van der Waals surface area (Å²) in [6.07, 6.45) is 0. The minimum atomic E-state index is -0.501. The van der Waals surface area contributed by atoms with Crippen LogP contribution >= 0.6 is 11.8 Å². The summed E-state index contributed by atoms with van der Waals surface area (Å²) >= 11 is 1.05. The van der Waals surface area contributed by atoms with Gasteiger partial charge in [-0.1, -0.05) is 30.0 Å². The van der Waals surface area contributed by atoms with E-state index in [0.717, 1.165) is 30.0 Å². The van der Waals surface area contributed by atoms with Crippen molar-refractivity contribution in [3.8, 4) is 0 Å². The quantitative estimate of drug-likeness (QED) is 0.768. The van der Waals surface area contributed by atoms with Crippen LogP contribution in [0.15, 0.2) is 52.3 Å². The summed E-state index contributed by atoms with van der Waals surface area (Å²) in [5.41, 5.74) is 0.506. The number of carbonyl (C=O) groups excluding carboxylic acids is 1. The highest BCUT2D eigenvalue weighted by Crippen LogP contribution is 2.32. The number of rotatable bonds is 3. The summed E-state index contributed by atoms with van der Waals surface area (Å²) in [6, 6.07) is 10.1. The SMILES string of the molecule is CC(=O)c1ccccc1Sc1cc(F)ccc1F. The summed E-state index contributed by atoms with van der Waals surface area (Å²) < 4.78 is 26.6. The molecule has 0 aliphatic rings. The third-order valence-corrected chi connectivity index (χ3v) is 3.49. The zero-order valence-electron chi connectivity index (χ0n) is 9.61. The Morgan fingerprint density at radius 2 is 1.78 bits per heavy atom. The Kier molecular flexibility index (Phi) is 3.77. The average molecular weight is 264 g/mol. The lowest BCUT2D eigenvalue weighted by Crippen LogP contribution is -1.94. The number of carbonyl (C=O) groups is 1. The van der Waals surface area contributed by atoms with Crippen LogP contribution in [0.3, 0.4) is 0 Å². The number of benzene rings is 2. The second kappa shape index (κ2) is 5.31. The van der Waals surface area contributed by atoms with E-state index in [0.29, 0.717) is 10.5 Å². The number of hydrogen-bond acceptors (Lipinski definition) is 2. The van der Waals surface area contributed by atoms with Crippen molar-refractivity contribution in [2.45, 2.75) is 16.7 Å². The van der Waals surface area contributed by atoms with E-state index in [1.807, 2.05) is 0 Å². The standard InChI is InChI=1S/C14H10F2OS/c1-9(17)11-4-2-3-5-13(11)18-14-8-10(15)6-7-12(14)16/h2-8H,1H3. The van der Waals surface area contributed by atoms with Gasteiger partial charge in [0.25, 0.3) is 0 Å². The maximum Gasteiger partial charge on any atom is 0.160 e. The van der Waals surface area contributed by atoms with E-state index in [-0.39, 0.29) is 10.7 Å². The fourth-order valence-electron chi connectivity index (χ4n) is 1.52. The van der Waals surface area contributed by atoms with E-state index in [1.165, 1.54) is 6.92 Å². The van der Waals surface area contributed by atoms with Crippen molar-refractivity contribution in [1.29, 1.82) is 0 Å². The predicted molar refractivity (Wildman–Crippen MR) is 66.9 cm³/mol. The number of halogens is 2. The van der Waals surface area contributed by atoms with Gasteiger partial charge < -0.3 is 0 Å². The normalized spacial score (nSPS) is 10.4. The van der Waals surface area contributed by atoms with Gasteiger partial charge in [0.05, 0.1) is 4.90 Å². The van der Waals surface area contributed by atoms with Gasteiger partial charge in [-0.3, -0.25) is 4.79 Å². The van der Waals surface area contributed by atoms with Crippen molar-refractivity contribution in [3.63, 3.8) is 0 Å². The minimum absolute atomic E-state index is 0.102. The van der Waals surface area contributed by atoms with E-state index < -0.39 is 11.6 Å². The van der Waals surface area contributed by atoms with Crippen molar-refractivity contribution in [3.05, 3.63) is 59.7 Å². The Balaban J connectivity index is 2.40. The van der Waals surface area contributed by atoms with E-state index in [1.54, 1.807) is 24.3 Å². The Morgan fingerprint density at radius 1 is 1.06 bits per heavy atom. The van der Waals surface area contributed by atoms with Crippen molar-refractivity contribution < 1.29 is 13.6 Å². The van der Waals surface area contributed by atoms with Crippen LogP contribution in [0.1, 0.15) is 17.3 Å². The van der Waals surface area contributed by atoms with Gasteiger partial charge in [0.2, 0.25) is 0 Å². The van der Waals surface area contributed by atoms with Gasteiger partial charge in [0.1, 0.15) is 11.6 Å². The molecule has 0 aliphatic carbocycles. The molecule has 0 unspecified atom stereocenters. The van der Waals surface area contributed by atoms with Crippen molar-refractivity contribution in [2.24, 2.45) is 0 Å². The molecular formula is C14H10F2OS. The van der Waals surface area contributed by atoms with Crippen LogP contribution in [-0.4, -0.2) is 5.78 Å². The van der Waals surface area contributed by atoms with Crippen LogP contribution < -0.4 is 0 Å². The Labute approximate surface area is 108 Å². The van der Waals surface area contributed by atoms with E-state index in [9.17, 15) is 13.6 Å². The first-order chi connectivity index (χ1) is 8.58. The zero-order chi connectivity index (χ0) is 13.1. The van der Waals surface area contributed by atoms with Crippen LogP contribution in [0.2, 0.25) is 0 Å². The second-order valence-electron chi connectivity index (χ2n) is 3.73. The molecule has 2 aromatic rings. The van der Waals surface area contributed by atoms with Crippen molar-refractivity contribution in [1.82, 2.24) is 0 Å². The first-order valence-corrected chi connectivity index (χ1v) is 6.12. The van der Waals surface area contributed by atoms with Crippen LogP contribution in [0.5, 0.6) is 0 Å². The molecule has 92 valence electrons. The van der Waals surface area contributed by atoms with Gasteiger partial charge >= 0.3 is 0 Å². The molecule has 1 nitrogen and oxygen atoms in total. The Bertz CT molecular complexity index is 596. The fraction of sp³-hybridized carbons (Fsp3) is 0.0714. The molecular weight excluding hydrogens is 254 g/mol. The van der Waals surface area contributed by atoms with Crippen LogP contribution in [0.4, 0.5) is 8.78 Å². The molecule has 0 aromatic heterocycles. The van der Waals surface area contributed by atoms with Gasteiger partial charge in [-0.2, -0.15) is 0 Å². The molecule has 0 aliphatic heterocycles.